The first-order chi connectivity index (χ1) is 6.88. The molecule has 2 aromatic rings. The summed E-state index contributed by atoms with van der Waals surface area (Å²) in [5, 5.41) is 9.73. The average Bonchev–Trinajstić information content (AvgIpc) is 2.71. The summed E-state index contributed by atoms with van der Waals surface area (Å²) in [4.78, 5) is 0. The van der Waals surface area contributed by atoms with E-state index in [2.05, 4.69) is 21.4 Å². The van der Waals surface area contributed by atoms with Gasteiger partial charge in [0.05, 0.1) is 11.9 Å². The van der Waals surface area contributed by atoms with E-state index < -0.39 is 0 Å². The van der Waals surface area contributed by atoms with Gasteiger partial charge in [0, 0.05) is 17.4 Å². The second-order valence-electron chi connectivity index (χ2n) is 2.84. The number of benzene rings is 1. The Kier molecular flexibility index (Phi) is 2.20. The standard InChI is InChI=1S/C11H9N3/c1-2-9-4-3-5-10(6-9)14-11-7-12-13-8-11/h1,3-8,14H,(H,12,13). The molecule has 0 aliphatic carbocycles. The number of hydrogen-bond acceptors (Lipinski definition) is 2. The van der Waals surface area contributed by atoms with Crippen molar-refractivity contribution in [2.24, 2.45) is 0 Å². The Morgan fingerprint density at radius 3 is 3.00 bits per heavy atom. The molecule has 0 saturated carbocycles. The fraction of sp³-hybridized carbons (Fsp3) is 0. The fourth-order valence-electron chi connectivity index (χ4n) is 1.17. The van der Waals surface area contributed by atoms with Gasteiger partial charge in [-0.2, -0.15) is 5.10 Å². The molecule has 0 aliphatic rings. The van der Waals surface area contributed by atoms with E-state index in [4.69, 9.17) is 6.42 Å². The number of rotatable bonds is 2. The number of anilines is 2. The average molecular weight is 183 g/mol. The van der Waals surface area contributed by atoms with Crippen LogP contribution in [0.25, 0.3) is 0 Å². The molecule has 2 rings (SSSR count). The first-order valence-corrected chi connectivity index (χ1v) is 4.21. The van der Waals surface area contributed by atoms with Crippen molar-refractivity contribution in [2.75, 3.05) is 5.32 Å². The molecule has 0 bridgehead atoms. The molecule has 0 atom stereocenters. The molecule has 0 amide bonds. The second-order valence-corrected chi connectivity index (χ2v) is 2.84. The molecule has 0 radical (unpaired) electrons. The minimum Gasteiger partial charge on any atom is -0.353 e. The first kappa shape index (κ1) is 8.39. The highest BCUT2D eigenvalue weighted by atomic mass is 15.1. The zero-order chi connectivity index (χ0) is 9.80. The first-order valence-electron chi connectivity index (χ1n) is 4.21. The zero-order valence-corrected chi connectivity index (χ0v) is 7.49. The number of nitrogens with one attached hydrogen (secondary N) is 2. The highest BCUT2D eigenvalue weighted by Gasteiger charge is 1.95. The zero-order valence-electron chi connectivity index (χ0n) is 7.49. The predicted octanol–water partition coefficient (Wildman–Crippen LogP) is 2.13. The summed E-state index contributed by atoms with van der Waals surface area (Å²) < 4.78 is 0. The predicted molar refractivity (Wildman–Crippen MR) is 56.2 cm³/mol. The molecular weight excluding hydrogens is 174 g/mol. The number of terminal acetylenes is 1. The minimum absolute atomic E-state index is 0.860. The molecule has 3 heteroatoms. The van der Waals surface area contributed by atoms with Crippen LogP contribution in [0, 0.1) is 12.3 Å². The summed E-state index contributed by atoms with van der Waals surface area (Å²) >= 11 is 0. The number of nitrogens with zero attached hydrogens (tertiary/aromatic N) is 1. The smallest absolute Gasteiger partial charge is 0.0767 e. The van der Waals surface area contributed by atoms with Crippen molar-refractivity contribution in [1.82, 2.24) is 10.2 Å². The van der Waals surface area contributed by atoms with Gasteiger partial charge in [-0.25, -0.2) is 0 Å². The summed E-state index contributed by atoms with van der Waals surface area (Å²) in [6.07, 6.45) is 8.79. The fourth-order valence-corrected chi connectivity index (χ4v) is 1.17. The quantitative estimate of drug-likeness (QED) is 0.700. The van der Waals surface area contributed by atoms with Gasteiger partial charge >= 0.3 is 0 Å². The van der Waals surface area contributed by atoms with E-state index in [0.717, 1.165) is 16.9 Å². The highest BCUT2D eigenvalue weighted by molar-refractivity contribution is 5.60. The third-order valence-corrected chi connectivity index (χ3v) is 1.82. The van der Waals surface area contributed by atoms with Crippen molar-refractivity contribution in [1.29, 1.82) is 0 Å². The topological polar surface area (TPSA) is 40.7 Å². The van der Waals surface area contributed by atoms with Crippen LogP contribution >= 0.6 is 0 Å². The lowest BCUT2D eigenvalue weighted by atomic mass is 10.2. The Morgan fingerprint density at radius 1 is 1.36 bits per heavy atom. The van der Waals surface area contributed by atoms with Crippen molar-refractivity contribution in [3.63, 3.8) is 0 Å². The molecule has 1 heterocycles. The molecule has 0 spiro atoms. The van der Waals surface area contributed by atoms with E-state index in [1.807, 2.05) is 24.3 Å². The largest absolute Gasteiger partial charge is 0.353 e. The molecule has 3 nitrogen and oxygen atoms in total. The Morgan fingerprint density at radius 2 is 2.29 bits per heavy atom. The van der Waals surface area contributed by atoms with Crippen molar-refractivity contribution in [3.05, 3.63) is 42.2 Å². The van der Waals surface area contributed by atoms with Crippen molar-refractivity contribution < 1.29 is 0 Å². The molecule has 1 aromatic heterocycles. The van der Waals surface area contributed by atoms with Crippen molar-refractivity contribution >= 4 is 11.4 Å². The number of hydrogen-bond donors (Lipinski definition) is 2. The van der Waals surface area contributed by atoms with E-state index in [0.29, 0.717) is 0 Å². The van der Waals surface area contributed by atoms with E-state index in [-0.39, 0.29) is 0 Å². The number of H-pyrrole nitrogens is 1. The molecule has 68 valence electrons. The maximum Gasteiger partial charge on any atom is 0.0767 e. The summed E-state index contributed by atoms with van der Waals surface area (Å²) in [5.74, 6) is 2.58. The van der Waals surface area contributed by atoms with Gasteiger partial charge in [0.2, 0.25) is 0 Å². The lowest BCUT2D eigenvalue weighted by Crippen LogP contribution is -1.88. The van der Waals surface area contributed by atoms with Crippen LogP contribution in [0.1, 0.15) is 5.56 Å². The molecular formula is C11H9N3. The number of aromatic nitrogens is 2. The highest BCUT2D eigenvalue weighted by Crippen LogP contribution is 2.15. The van der Waals surface area contributed by atoms with Gasteiger partial charge in [0.25, 0.3) is 0 Å². The second kappa shape index (κ2) is 3.67. The van der Waals surface area contributed by atoms with Gasteiger partial charge in [-0.3, -0.25) is 5.10 Å². The Hall–Kier alpha value is -2.21. The molecule has 2 N–H and O–H groups in total. The SMILES string of the molecule is C#Cc1cccc(Nc2cn[nH]c2)c1. The Bertz CT molecular complexity index is 452. The van der Waals surface area contributed by atoms with Gasteiger partial charge in [-0.1, -0.05) is 12.0 Å². The van der Waals surface area contributed by atoms with Gasteiger partial charge in [-0.05, 0) is 18.2 Å². The Balaban J connectivity index is 2.22. The van der Waals surface area contributed by atoms with Gasteiger partial charge in [0.15, 0.2) is 0 Å². The van der Waals surface area contributed by atoms with Crippen LogP contribution in [-0.2, 0) is 0 Å². The van der Waals surface area contributed by atoms with Crippen LogP contribution in [0.2, 0.25) is 0 Å². The minimum atomic E-state index is 0.860. The summed E-state index contributed by atoms with van der Waals surface area (Å²) in [7, 11) is 0. The maximum absolute atomic E-state index is 5.30. The van der Waals surface area contributed by atoms with Gasteiger partial charge in [0.1, 0.15) is 0 Å². The van der Waals surface area contributed by atoms with E-state index in [1.165, 1.54) is 0 Å². The van der Waals surface area contributed by atoms with E-state index in [1.54, 1.807) is 12.4 Å². The van der Waals surface area contributed by atoms with Crippen LogP contribution in [0.4, 0.5) is 11.4 Å². The van der Waals surface area contributed by atoms with Crippen LogP contribution < -0.4 is 5.32 Å². The lowest BCUT2D eigenvalue weighted by molar-refractivity contribution is 1.09. The van der Waals surface area contributed by atoms with Crippen LogP contribution in [0.15, 0.2) is 36.7 Å². The Labute approximate surface area is 82.2 Å². The van der Waals surface area contributed by atoms with E-state index >= 15 is 0 Å². The van der Waals surface area contributed by atoms with Crippen LogP contribution in [0.3, 0.4) is 0 Å². The summed E-state index contributed by atoms with van der Waals surface area (Å²) in [6, 6.07) is 7.67. The lowest BCUT2D eigenvalue weighted by Gasteiger charge is -2.02. The molecule has 0 saturated heterocycles. The third kappa shape index (κ3) is 1.75. The van der Waals surface area contributed by atoms with Gasteiger partial charge < -0.3 is 5.32 Å². The van der Waals surface area contributed by atoms with E-state index in [9.17, 15) is 0 Å². The maximum atomic E-state index is 5.30. The van der Waals surface area contributed by atoms with Crippen LogP contribution in [-0.4, -0.2) is 10.2 Å². The molecule has 1 aromatic carbocycles. The van der Waals surface area contributed by atoms with Crippen molar-refractivity contribution in [3.8, 4) is 12.3 Å². The number of aromatic amines is 1. The summed E-state index contributed by atoms with van der Waals surface area (Å²) in [6.45, 7) is 0. The molecule has 14 heavy (non-hydrogen) atoms. The normalized spacial score (nSPS) is 9.36. The monoisotopic (exact) mass is 183 g/mol. The van der Waals surface area contributed by atoms with Crippen LogP contribution in [0.5, 0.6) is 0 Å². The molecule has 0 aliphatic heterocycles. The summed E-state index contributed by atoms with van der Waals surface area (Å²) in [5.41, 5.74) is 2.74. The third-order valence-electron chi connectivity index (χ3n) is 1.82. The molecule has 0 unspecified atom stereocenters. The van der Waals surface area contributed by atoms with Crippen molar-refractivity contribution in [2.45, 2.75) is 0 Å². The van der Waals surface area contributed by atoms with Gasteiger partial charge in [-0.15, -0.1) is 6.42 Å². The molecule has 0 fully saturated rings.